The fraction of sp³-hybridized carbons (Fsp3) is 0.500. The average Bonchev–Trinajstić information content (AvgIpc) is 2.84. The van der Waals surface area contributed by atoms with Crippen LogP contribution in [0.2, 0.25) is 0 Å². The number of thiophene rings is 1. The van der Waals surface area contributed by atoms with Crippen LogP contribution in [0.4, 0.5) is 0 Å². The summed E-state index contributed by atoms with van der Waals surface area (Å²) < 4.78 is 0. The summed E-state index contributed by atoms with van der Waals surface area (Å²) in [6, 6.07) is 1.82. The number of amides is 1. The highest BCUT2D eigenvalue weighted by molar-refractivity contribution is 7.10. The molecular weight excluding hydrogens is 246 g/mol. The molecule has 18 heavy (non-hydrogen) atoms. The summed E-state index contributed by atoms with van der Waals surface area (Å²) in [5.41, 5.74) is 0.701. The van der Waals surface area contributed by atoms with Gasteiger partial charge in [-0.05, 0) is 12.5 Å². The number of aliphatic hydroxyl groups is 1. The van der Waals surface area contributed by atoms with Gasteiger partial charge in [0.2, 0.25) is 0 Å². The molecule has 0 bridgehead atoms. The van der Waals surface area contributed by atoms with Crippen LogP contribution >= 0.6 is 11.3 Å². The van der Waals surface area contributed by atoms with Gasteiger partial charge in [0.15, 0.2) is 0 Å². The van der Waals surface area contributed by atoms with Crippen LogP contribution in [0, 0.1) is 11.8 Å². The Morgan fingerprint density at radius 1 is 1.56 bits per heavy atom. The lowest BCUT2D eigenvalue weighted by Crippen LogP contribution is -2.27. The van der Waals surface area contributed by atoms with Crippen molar-refractivity contribution in [3.05, 3.63) is 21.9 Å². The van der Waals surface area contributed by atoms with Gasteiger partial charge in [-0.1, -0.05) is 25.2 Å². The summed E-state index contributed by atoms with van der Waals surface area (Å²) in [5.74, 6) is 5.84. The number of hydrogen-bond acceptors (Lipinski definition) is 3. The van der Waals surface area contributed by atoms with E-state index in [1.165, 1.54) is 11.3 Å². The highest BCUT2D eigenvalue weighted by atomic mass is 32.1. The lowest BCUT2D eigenvalue weighted by molar-refractivity contribution is 0.0794. The number of carbonyl (C=O) groups excluding carboxylic acids is 1. The number of carbonyl (C=O) groups is 1. The van der Waals surface area contributed by atoms with Crippen molar-refractivity contribution in [2.45, 2.75) is 26.2 Å². The molecule has 0 atom stereocenters. The monoisotopic (exact) mass is 265 g/mol. The quantitative estimate of drug-likeness (QED) is 0.830. The van der Waals surface area contributed by atoms with Crippen molar-refractivity contribution in [2.24, 2.45) is 0 Å². The van der Waals surface area contributed by atoms with E-state index >= 15 is 0 Å². The normalized spacial score (nSPS) is 9.72. The Bertz CT molecular complexity index is 442. The minimum Gasteiger partial charge on any atom is -0.395 e. The van der Waals surface area contributed by atoms with Crippen molar-refractivity contribution in [3.63, 3.8) is 0 Å². The molecule has 0 aliphatic rings. The fourth-order valence-electron chi connectivity index (χ4n) is 1.44. The number of hydrogen-bond donors (Lipinski definition) is 1. The van der Waals surface area contributed by atoms with E-state index in [9.17, 15) is 4.79 Å². The molecule has 3 nitrogen and oxygen atoms in total. The topological polar surface area (TPSA) is 40.5 Å². The van der Waals surface area contributed by atoms with Gasteiger partial charge in [-0.15, -0.1) is 11.3 Å². The number of aliphatic hydroxyl groups excluding tert-OH is 1. The maximum Gasteiger partial charge on any atom is 0.254 e. The van der Waals surface area contributed by atoms with Gasteiger partial charge in [-0.2, -0.15) is 0 Å². The summed E-state index contributed by atoms with van der Waals surface area (Å²) >= 11 is 1.47. The van der Waals surface area contributed by atoms with Crippen LogP contribution in [0.1, 0.15) is 41.4 Å². The van der Waals surface area contributed by atoms with Crippen LogP contribution in [0.25, 0.3) is 0 Å². The van der Waals surface area contributed by atoms with Crippen LogP contribution in [-0.4, -0.2) is 36.1 Å². The second-order valence-corrected chi connectivity index (χ2v) is 4.97. The van der Waals surface area contributed by atoms with Crippen LogP contribution in [0.15, 0.2) is 11.4 Å². The first-order chi connectivity index (χ1) is 8.69. The average molecular weight is 265 g/mol. The number of rotatable bonds is 5. The second-order valence-electron chi connectivity index (χ2n) is 4.06. The minimum absolute atomic E-state index is 0.0508. The predicted octanol–water partition coefficient (Wildman–Crippen LogP) is 2.35. The molecule has 1 N–H and O–H groups in total. The number of unbranched alkanes of at least 4 members (excludes halogenated alkanes) is 1. The van der Waals surface area contributed by atoms with Gasteiger partial charge in [0, 0.05) is 25.4 Å². The van der Waals surface area contributed by atoms with E-state index in [-0.39, 0.29) is 12.5 Å². The van der Waals surface area contributed by atoms with Gasteiger partial charge in [-0.3, -0.25) is 4.79 Å². The van der Waals surface area contributed by atoms with Gasteiger partial charge in [0.25, 0.3) is 5.91 Å². The molecule has 0 aliphatic heterocycles. The van der Waals surface area contributed by atoms with E-state index in [0.717, 1.165) is 24.3 Å². The highest BCUT2D eigenvalue weighted by Crippen LogP contribution is 2.15. The Morgan fingerprint density at radius 2 is 2.33 bits per heavy atom. The summed E-state index contributed by atoms with van der Waals surface area (Å²) in [5, 5.41) is 10.5. The van der Waals surface area contributed by atoms with Crippen molar-refractivity contribution >= 4 is 17.2 Å². The van der Waals surface area contributed by atoms with Crippen molar-refractivity contribution in [1.82, 2.24) is 4.90 Å². The van der Waals surface area contributed by atoms with Gasteiger partial charge >= 0.3 is 0 Å². The Morgan fingerprint density at radius 3 is 3.00 bits per heavy atom. The lowest BCUT2D eigenvalue weighted by Gasteiger charge is -2.15. The third-order valence-corrected chi connectivity index (χ3v) is 3.33. The Kier molecular flexibility index (Phi) is 6.48. The number of nitrogens with zero attached hydrogens (tertiary/aromatic N) is 1. The SMILES string of the molecule is CCCCN(C)C(=O)c1csc(C#CCCO)c1. The second kappa shape index (κ2) is 7.91. The zero-order valence-electron chi connectivity index (χ0n) is 10.9. The predicted molar refractivity (Wildman–Crippen MR) is 74.8 cm³/mol. The largest absolute Gasteiger partial charge is 0.395 e. The molecule has 0 spiro atoms. The molecule has 0 aromatic carbocycles. The first-order valence-electron chi connectivity index (χ1n) is 6.12. The van der Waals surface area contributed by atoms with E-state index in [0.29, 0.717) is 12.0 Å². The first kappa shape index (κ1) is 14.7. The molecule has 0 fully saturated rings. The van der Waals surface area contributed by atoms with E-state index in [1.54, 1.807) is 4.90 Å². The third kappa shape index (κ3) is 4.52. The maximum absolute atomic E-state index is 12.0. The molecule has 1 aromatic heterocycles. The molecule has 0 saturated carbocycles. The zero-order chi connectivity index (χ0) is 13.4. The van der Waals surface area contributed by atoms with Crippen LogP contribution in [-0.2, 0) is 0 Å². The minimum atomic E-state index is 0.0508. The van der Waals surface area contributed by atoms with Crippen LogP contribution in [0.3, 0.4) is 0 Å². The van der Waals surface area contributed by atoms with Crippen molar-refractivity contribution in [1.29, 1.82) is 0 Å². The van der Waals surface area contributed by atoms with Crippen LogP contribution < -0.4 is 0 Å². The molecule has 1 heterocycles. The van der Waals surface area contributed by atoms with Gasteiger partial charge in [0.05, 0.1) is 17.0 Å². The molecule has 0 unspecified atom stereocenters. The smallest absolute Gasteiger partial charge is 0.254 e. The maximum atomic E-state index is 12.0. The summed E-state index contributed by atoms with van der Waals surface area (Å²) in [6.45, 7) is 2.97. The summed E-state index contributed by atoms with van der Waals surface area (Å²) in [7, 11) is 1.83. The summed E-state index contributed by atoms with van der Waals surface area (Å²) in [4.78, 5) is 14.7. The van der Waals surface area contributed by atoms with Gasteiger partial charge < -0.3 is 10.0 Å². The Labute approximate surface area is 112 Å². The third-order valence-electron chi connectivity index (χ3n) is 2.49. The Hall–Kier alpha value is -1.31. The molecule has 0 aliphatic carbocycles. The van der Waals surface area contributed by atoms with Crippen molar-refractivity contribution < 1.29 is 9.90 Å². The molecule has 1 rings (SSSR count). The standard InChI is InChI=1S/C14H19NO2S/c1-3-4-8-15(2)14(17)12-10-13(18-11-12)7-5-6-9-16/h10-11,16H,3-4,6,8-9H2,1-2H3. The molecule has 1 aromatic rings. The van der Waals surface area contributed by atoms with Crippen LogP contribution in [0.5, 0.6) is 0 Å². The molecule has 98 valence electrons. The molecule has 0 saturated heterocycles. The molecular formula is C14H19NO2S. The Balaban J connectivity index is 2.62. The lowest BCUT2D eigenvalue weighted by atomic mass is 10.2. The van der Waals surface area contributed by atoms with E-state index < -0.39 is 0 Å². The molecule has 4 heteroatoms. The van der Waals surface area contributed by atoms with E-state index in [1.807, 2.05) is 18.5 Å². The fourth-order valence-corrected chi connectivity index (χ4v) is 2.19. The van der Waals surface area contributed by atoms with Gasteiger partial charge in [0.1, 0.15) is 0 Å². The van der Waals surface area contributed by atoms with E-state index in [2.05, 4.69) is 18.8 Å². The van der Waals surface area contributed by atoms with E-state index in [4.69, 9.17) is 5.11 Å². The summed E-state index contributed by atoms with van der Waals surface area (Å²) in [6.07, 6.45) is 2.58. The van der Waals surface area contributed by atoms with Crippen molar-refractivity contribution in [3.8, 4) is 11.8 Å². The molecule has 1 amide bonds. The molecule has 0 radical (unpaired) electrons. The zero-order valence-corrected chi connectivity index (χ0v) is 11.7. The van der Waals surface area contributed by atoms with Crippen molar-refractivity contribution in [2.75, 3.05) is 20.2 Å². The highest BCUT2D eigenvalue weighted by Gasteiger charge is 2.12. The van der Waals surface area contributed by atoms with Gasteiger partial charge in [-0.25, -0.2) is 0 Å². The first-order valence-corrected chi connectivity index (χ1v) is 7.00.